The highest BCUT2D eigenvalue weighted by molar-refractivity contribution is 7.09. The second-order valence-corrected chi connectivity index (χ2v) is 6.98. The number of amides is 1. The van der Waals surface area contributed by atoms with E-state index >= 15 is 0 Å². The Hall–Kier alpha value is -2.43. The van der Waals surface area contributed by atoms with E-state index in [4.69, 9.17) is 0 Å². The van der Waals surface area contributed by atoms with Crippen molar-refractivity contribution in [2.45, 2.75) is 12.5 Å². The molecule has 0 unspecified atom stereocenters. The molecule has 0 saturated heterocycles. The van der Waals surface area contributed by atoms with Crippen LogP contribution in [-0.4, -0.2) is 18.0 Å². The van der Waals surface area contributed by atoms with Gasteiger partial charge in [-0.1, -0.05) is 54.6 Å². The van der Waals surface area contributed by atoms with Crippen LogP contribution in [0.15, 0.2) is 72.1 Å². The first-order valence-electron chi connectivity index (χ1n) is 7.97. The van der Waals surface area contributed by atoms with E-state index in [0.717, 1.165) is 23.4 Å². The van der Waals surface area contributed by atoms with E-state index in [-0.39, 0.29) is 11.8 Å². The zero-order chi connectivity index (χ0) is 16.5. The highest BCUT2D eigenvalue weighted by atomic mass is 32.1. The fourth-order valence-electron chi connectivity index (χ4n) is 3.32. The number of carbonyl (C=O) groups is 1. The molecule has 0 radical (unpaired) electrons. The Balaban J connectivity index is 1.72. The smallest absolute Gasteiger partial charge is 0.253 e. The van der Waals surface area contributed by atoms with Crippen LogP contribution >= 0.6 is 11.3 Å². The van der Waals surface area contributed by atoms with Gasteiger partial charge in [0.05, 0.1) is 18.2 Å². The van der Waals surface area contributed by atoms with Crippen LogP contribution in [0.1, 0.15) is 21.9 Å². The molecular formula is C20H18N2OS. The summed E-state index contributed by atoms with van der Waals surface area (Å²) in [5.74, 6) is -0.116. The molecule has 0 N–H and O–H groups in total. The lowest BCUT2D eigenvalue weighted by molar-refractivity contribution is -0.121. The molecule has 1 aromatic heterocycles. The number of rotatable bonds is 4. The molecule has 1 aliphatic heterocycles. The van der Waals surface area contributed by atoms with Crippen LogP contribution in [0.3, 0.4) is 0 Å². The number of hydrogen-bond donors (Lipinski definition) is 0. The molecule has 3 nitrogen and oxygen atoms in total. The molecule has 4 heteroatoms. The van der Waals surface area contributed by atoms with Gasteiger partial charge in [0.15, 0.2) is 0 Å². The monoisotopic (exact) mass is 334 g/mol. The lowest BCUT2D eigenvalue weighted by Gasteiger charge is -2.28. The fourth-order valence-corrected chi connectivity index (χ4v) is 4.07. The summed E-state index contributed by atoms with van der Waals surface area (Å²) in [6.07, 6.45) is 0. The van der Waals surface area contributed by atoms with Gasteiger partial charge in [0.25, 0.3) is 5.91 Å². The number of hydrogen-bond acceptors (Lipinski definition) is 3. The standard InChI is InChI=1S/C20H18N2OS/c1-21(14-16-10-7-13-24-16)22-18-12-6-5-11-17(18)19(20(22)23)15-8-3-2-4-9-15/h2-13,19H,14H2,1H3/t19-/m1/s1. The molecule has 0 bridgehead atoms. The molecule has 2 heterocycles. The first-order valence-corrected chi connectivity index (χ1v) is 8.85. The summed E-state index contributed by atoms with van der Waals surface area (Å²) in [6, 6.07) is 22.2. The summed E-state index contributed by atoms with van der Waals surface area (Å²) in [4.78, 5) is 14.5. The molecule has 4 rings (SSSR count). The van der Waals surface area contributed by atoms with Crippen molar-refractivity contribution >= 4 is 22.9 Å². The highest BCUT2D eigenvalue weighted by Crippen LogP contribution is 2.41. The summed E-state index contributed by atoms with van der Waals surface area (Å²) in [5.41, 5.74) is 3.10. The second kappa shape index (κ2) is 6.23. The lowest BCUT2D eigenvalue weighted by Crippen LogP contribution is -2.42. The molecule has 0 fully saturated rings. The first kappa shape index (κ1) is 15.1. The van der Waals surface area contributed by atoms with Gasteiger partial charge in [-0.05, 0) is 28.6 Å². The van der Waals surface area contributed by atoms with Crippen LogP contribution in [0.2, 0.25) is 0 Å². The molecule has 2 aromatic carbocycles. The average molecular weight is 334 g/mol. The van der Waals surface area contributed by atoms with Gasteiger partial charge in [-0.15, -0.1) is 11.3 Å². The van der Waals surface area contributed by atoms with Gasteiger partial charge in [-0.2, -0.15) is 0 Å². The Bertz CT molecular complexity index is 845. The van der Waals surface area contributed by atoms with Crippen molar-refractivity contribution in [3.63, 3.8) is 0 Å². The molecule has 0 saturated carbocycles. The van der Waals surface area contributed by atoms with Crippen molar-refractivity contribution in [3.8, 4) is 0 Å². The van der Waals surface area contributed by atoms with Crippen LogP contribution in [0.4, 0.5) is 5.69 Å². The zero-order valence-corrected chi connectivity index (χ0v) is 14.2. The zero-order valence-electron chi connectivity index (χ0n) is 13.4. The number of carbonyl (C=O) groups excluding carboxylic acids is 1. The van der Waals surface area contributed by atoms with E-state index in [1.165, 1.54) is 4.88 Å². The SMILES string of the molecule is CN(Cc1cccs1)N1C(=O)[C@H](c2ccccc2)c2ccccc21. The molecule has 1 atom stereocenters. The predicted octanol–water partition coefficient (Wildman–Crippen LogP) is 4.27. The molecule has 1 aliphatic rings. The van der Waals surface area contributed by atoms with Crippen molar-refractivity contribution in [2.24, 2.45) is 0 Å². The van der Waals surface area contributed by atoms with Gasteiger partial charge in [-0.3, -0.25) is 4.79 Å². The molecule has 0 spiro atoms. The van der Waals surface area contributed by atoms with Crippen molar-refractivity contribution < 1.29 is 4.79 Å². The van der Waals surface area contributed by atoms with Gasteiger partial charge >= 0.3 is 0 Å². The van der Waals surface area contributed by atoms with Gasteiger partial charge < -0.3 is 0 Å². The molecule has 3 aromatic rings. The lowest BCUT2D eigenvalue weighted by atomic mass is 9.93. The van der Waals surface area contributed by atoms with Crippen LogP contribution in [0, 0.1) is 0 Å². The van der Waals surface area contributed by atoms with E-state index < -0.39 is 0 Å². The van der Waals surface area contributed by atoms with Gasteiger partial charge in [0.2, 0.25) is 0 Å². The van der Waals surface area contributed by atoms with Crippen molar-refractivity contribution in [1.82, 2.24) is 5.01 Å². The number of benzene rings is 2. The van der Waals surface area contributed by atoms with Crippen molar-refractivity contribution in [2.75, 3.05) is 12.1 Å². The summed E-state index contributed by atoms with van der Waals surface area (Å²) in [5, 5.41) is 5.90. The second-order valence-electron chi connectivity index (χ2n) is 5.95. The maximum absolute atomic E-state index is 13.2. The van der Waals surface area contributed by atoms with Crippen LogP contribution < -0.4 is 5.01 Å². The quantitative estimate of drug-likeness (QED) is 0.711. The van der Waals surface area contributed by atoms with Gasteiger partial charge in [-0.25, -0.2) is 10.0 Å². The van der Waals surface area contributed by atoms with E-state index in [2.05, 4.69) is 17.5 Å². The number of hydrazine groups is 1. The van der Waals surface area contributed by atoms with E-state index in [9.17, 15) is 4.79 Å². The Morgan fingerprint density at radius 2 is 1.75 bits per heavy atom. The van der Waals surface area contributed by atoms with Gasteiger partial charge in [0, 0.05) is 11.9 Å². The molecular weight excluding hydrogens is 316 g/mol. The minimum atomic E-state index is -0.229. The maximum atomic E-state index is 13.2. The number of para-hydroxylation sites is 1. The third-order valence-corrected chi connectivity index (χ3v) is 5.23. The van der Waals surface area contributed by atoms with Crippen LogP contribution in [0.25, 0.3) is 0 Å². The normalized spacial score (nSPS) is 16.7. The Morgan fingerprint density at radius 1 is 1.00 bits per heavy atom. The van der Waals surface area contributed by atoms with E-state index in [1.807, 2.05) is 71.7 Å². The summed E-state index contributed by atoms with van der Waals surface area (Å²) >= 11 is 1.71. The predicted molar refractivity (Wildman–Crippen MR) is 98.0 cm³/mol. The van der Waals surface area contributed by atoms with Crippen molar-refractivity contribution in [3.05, 3.63) is 88.1 Å². The molecule has 120 valence electrons. The van der Waals surface area contributed by atoms with E-state index in [1.54, 1.807) is 11.3 Å². The third-order valence-electron chi connectivity index (χ3n) is 4.37. The maximum Gasteiger partial charge on any atom is 0.253 e. The summed E-state index contributed by atoms with van der Waals surface area (Å²) < 4.78 is 0. The number of nitrogens with zero attached hydrogens (tertiary/aromatic N) is 2. The Kier molecular flexibility index (Phi) is 3.92. The van der Waals surface area contributed by atoms with Crippen LogP contribution in [0.5, 0.6) is 0 Å². The first-order chi connectivity index (χ1) is 11.8. The Labute approximate surface area is 145 Å². The largest absolute Gasteiger partial charge is 0.272 e. The topological polar surface area (TPSA) is 23.6 Å². The number of thiophene rings is 1. The highest BCUT2D eigenvalue weighted by Gasteiger charge is 2.40. The van der Waals surface area contributed by atoms with Crippen molar-refractivity contribution in [1.29, 1.82) is 0 Å². The third kappa shape index (κ3) is 2.54. The average Bonchev–Trinajstić information content (AvgIpc) is 3.20. The summed E-state index contributed by atoms with van der Waals surface area (Å²) in [7, 11) is 1.97. The minimum Gasteiger partial charge on any atom is -0.272 e. The van der Waals surface area contributed by atoms with Crippen LogP contribution in [-0.2, 0) is 11.3 Å². The van der Waals surface area contributed by atoms with E-state index in [0.29, 0.717) is 0 Å². The molecule has 24 heavy (non-hydrogen) atoms. The van der Waals surface area contributed by atoms with Gasteiger partial charge in [0.1, 0.15) is 0 Å². The molecule has 0 aliphatic carbocycles. The number of anilines is 1. The molecule has 1 amide bonds. The Morgan fingerprint density at radius 3 is 2.50 bits per heavy atom. The minimum absolute atomic E-state index is 0.112. The summed E-state index contributed by atoms with van der Waals surface area (Å²) in [6.45, 7) is 0.721. The number of fused-ring (bicyclic) bond motifs is 1. The fraction of sp³-hybridized carbons (Fsp3) is 0.150.